The molecule has 18 heavy (non-hydrogen) atoms. The Kier molecular flexibility index (Phi) is 5.14. The van der Waals surface area contributed by atoms with Crippen LogP contribution in [0.2, 0.25) is 0 Å². The zero-order valence-corrected chi connectivity index (χ0v) is 10.4. The molecule has 0 fully saturated rings. The van der Waals surface area contributed by atoms with E-state index in [-0.39, 0.29) is 6.54 Å². The standard InChI is InChI=1S/C13H17F4N/c1-9(2)11-5-3-10(4-6-11)7-18-8-13(16,17)12(14)15/h3-6,9,12,18H,7-8H2,1-2H3. The number of hydrogen-bond donors (Lipinski definition) is 1. The molecule has 0 radical (unpaired) electrons. The molecule has 5 heteroatoms. The Balaban J connectivity index is 2.45. The molecule has 0 saturated heterocycles. The minimum atomic E-state index is -3.97. The van der Waals surface area contributed by atoms with Crippen LogP contribution in [0, 0.1) is 0 Å². The fourth-order valence-corrected chi connectivity index (χ4v) is 1.47. The smallest absolute Gasteiger partial charge is 0.307 e. The van der Waals surface area contributed by atoms with E-state index < -0.39 is 18.9 Å². The van der Waals surface area contributed by atoms with Crippen LogP contribution in [0.4, 0.5) is 17.6 Å². The van der Waals surface area contributed by atoms with Gasteiger partial charge >= 0.3 is 12.3 Å². The number of benzene rings is 1. The van der Waals surface area contributed by atoms with Gasteiger partial charge in [0.25, 0.3) is 0 Å². The van der Waals surface area contributed by atoms with Crippen molar-refractivity contribution in [1.82, 2.24) is 5.32 Å². The summed E-state index contributed by atoms with van der Waals surface area (Å²) in [5.41, 5.74) is 1.95. The third kappa shape index (κ3) is 4.29. The molecule has 0 unspecified atom stereocenters. The van der Waals surface area contributed by atoms with Crippen LogP contribution >= 0.6 is 0 Å². The Labute approximate surface area is 104 Å². The SMILES string of the molecule is CC(C)c1ccc(CNCC(F)(F)C(F)F)cc1. The van der Waals surface area contributed by atoms with E-state index in [1.807, 2.05) is 24.3 Å². The predicted octanol–water partition coefficient (Wildman–Crippen LogP) is 3.80. The van der Waals surface area contributed by atoms with Gasteiger partial charge in [0.05, 0.1) is 6.54 Å². The Hall–Kier alpha value is -1.10. The van der Waals surface area contributed by atoms with Crippen molar-refractivity contribution >= 4 is 0 Å². The summed E-state index contributed by atoms with van der Waals surface area (Å²) < 4.78 is 49.0. The van der Waals surface area contributed by atoms with E-state index >= 15 is 0 Å². The fraction of sp³-hybridized carbons (Fsp3) is 0.538. The molecule has 1 aromatic rings. The van der Waals surface area contributed by atoms with Gasteiger partial charge < -0.3 is 5.32 Å². The Bertz CT molecular complexity index is 360. The highest BCUT2D eigenvalue weighted by Gasteiger charge is 2.39. The number of rotatable bonds is 6. The number of alkyl halides is 4. The Morgan fingerprint density at radius 1 is 1.11 bits per heavy atom. The van der Waals surface area contributed by atoms with Crippen LogP contribution in [0.15, 0.2) is 24.3 Å². The second kappa shape index (κ2) is 6.18. The van der Waals surface area contributed by atoms with E-state index in [4.69, 9.17) is 0 Å². The maximum absolute atomic E-state index is 12.6. The van der Waals surface area contributed by atoms with Gasteiger partial charge in [-0.1, -0.05) is 38.1 Å². The van der Waals surface area contributed by atoms with Crippen molar-refractivity contribution in [2.24, 2.45) is 0 Å². The van der Waals surface area contributed by atoms with Crippen LogP contribution in [0.5, 0.6) is 0 Å². The van der Waals surface area contributed by atoms with E-state index in [1.54, 1.807) is 0 Å². The summed E-state index contributed by atoms with van der Waals surface area (Å²) in [5.74, 6) is -3.58. The first-order valence-electron chi connectivity index (χ1n) is 5.78. The first-order chi connectivity index (χ1) is 8.33. The summed E-state index contributed by atoms with van der Waals surface area (Å²) in [6.45, 7) is 3.24. The largest absolute Gasteiger partial charge is 0.319 e. The molecule has 0 bridgehead atoms. The van der Waals surface area contributed by atoms with Gasteiger partial charge in [0, 0.05) is 6.54 Å². The highest BCUT2D eigenvalue weighted by Crippen LogP contribution is 2.21. The van der Waals surface area contributed by atoms with E-state index in [1.165, 1.54) is 0 Å². The lowest BCUT2D eigenvalue weighted by Gasteiger charge is -2.16. The molecule has 0 saturated carbocycles. The Morgan fingerprint density at radius 3 is 2.11 bits per heavy atom. The predicted molar refractivity (Wildman–Crippen MR) is 63.2 cm³/mol. The van der Waals surface area contributed by atoms with Gasteiger partial charge in [0.1, 0.15) is 0 Å². The van der Waals surface area contributed by atoms with E-state index in [2.05, 4.69) is 19.2 Å². The first-order valence-corrected chi connectivity index (χ1v) is 5.78. The molecule has 1 N–H and O–H groups in total. The zero-order valence-electron chi connectivity index (χ0n) is 10.4. The first kappa shape index (κ1) is 15.0. The van der Waals surface area contributed by atoms with E-state index in [0.717, 1.165) is 11.1 Å². The molecular weight excluding hydrogens is 246 g/mol. The highest BCUT2D eigenvalue weighted by molar-refractivity contribution is 5.24. The molecule has 0 spiro atoms. The van der Waals surface area contributed by atoms with Gasteiger partial charge in [0.15, 0.2) is 0 Å². The summed E-state index contributed by atoms with van der Waals surface area (Å²) in [7, 11) is 0. The monoisotopic (exact) mass is 263 g/mol. The lowest BCUT2D eigenvalue weighted by molar-refractivity contribution is -0.125. The fourth-order valence-electron chi connectivity index (χ4n) is 1.47. The summed E-state index contributed by atoms with van der Waals surface area (Å²) in [6.07, 6.45) is -3.63. The normalized spacial score (nSPS) is 12.4. The van der Waals surface area contributed by atoms with Crippen LogP contribution in [0.25, 0.3) is 0 Å². The molecule has 0 aliphatic carbocycles. The summed E-state index contributed by atoms with van der Waals surface area (Å²) >= 11 is 0. The van der Waals surface area contributed by atoms with Gasteiger partial charge in [-0.15, -0.1) is 0 Å². The summed E-state index contributed by atoms with van der Waals surface area (Å²) in [6, 6.07) is 7.44. The van der Waals surface area contributed by atoms with Gasteiger partial charge in [-0.25, -0.2) is 8.78 Å². The van der Waals surface area contributed by atoms with Crippen molar-refractivity contribution in [2.45, 2.75) is 38.7 Å². The topological polar surface area (TPSA) is 12.0 Å². The Morgan fingerprint density at radius 2 is 1.67 bits per heavy atom. The van der Waals surface area contributed by atoms with Crippen molar-refractivity contribution < 1.29 is 17.6 Å². The van der Waals surface area contributed by atoms with E-state index in [9.17, 15) is 17.6 Å². The second-order valence-electron chi connectivity index (χ2n) is 4.56. The molecule has 0 aliphatic heterocycles. The molecule has 1 nitrogen and oxygen atoms in total. The number of halogens is 4. The van der Waals surface area contributed by atoms with Crippen LogP contribution in [0.1, 0.15) is 30.9 Å². The minimum Gasteiger partial charge on any atom is -0.307 e. The maximum atomic E-state index is 12.6. The molecule has 102 valence electrons. The molecule has 0 heterocycles. The average Bonchev–Trinajstić information content (AvgIpc) is 2.29. The third-order valence-corrected chi connectivity index (χ3v) is 2.66. The van der Waals surface area contributed by atoms with Crippen LogP contribution < -0.4 is 5.32 Å². The zero-order chi connectivity index (χ0) is 13.8. The number of hydrogen-bond acceptors (Lipinski definition) is 1. The van der Waals surface area contributed by atoms with Gasteiger partial charge in [0.2, 0.25) is 0 Å². The van der Waals surface area contributed by atoms with Gasteiger partial charge in [-0.3, -0.25) is 0 Å². The second-order valence-corrected chi connectivity index (χ2v) is 4.56. The number of nitrogens with one attached hydrogen (secondary N) is 1. The highest BCUT2D eigenvalue weighted by atomic mass is 19.3. The van der Waals surface area contributed by atoms with Crippen molar-refractivity contribution in [3.05, 3.63) is 35.4 Å². The molecule has 0 aromatic heterocycles. The average molecular weight is 263 g/mol. The summed E-state index contributed by atoms with van der Waals surface area (Å²) in [5, 5.41) is 2.34. The molecule has 0 aliphatic rings. The summed E-state index contributed by atoms with van der Waals surface area (Å²) in [4.78, 5) is 0. The lowest BCUT2D eigenvalue weighted by Crippen LogP contribution is -2.38. The molecular formula is C13H17F4N. The van der Waals surface area contributed by atoms with Crippen molar-refractivity contribution in [2.75, 3.05) is 6.54 Å². The van der Waals surface area contributed by atoms with E-state index in [0.29, 0.717) is 5.92 Å². The molecule has 1 rings (SSSR count). The van der Waals surface area contributed by atoms with Gasteiger partial charge in [-0.05, 0) is 17.0 Å². The van der Waals surface area contributed by atoms with Crippen molar-refractivity contribution in [1.29, 1.82) is 0 Å². The molecule has 1 aromatic carbocycles. The third-order valence-electron chi connectivity index (χ3n) is 2.66. The van der Waals surface area contributed by atoms with Crippen LogP contribution in [0.3, 0.4) is 0 Å². The van der Waals surface area contributed by atoms with Crippen molar-refractivity contribution in [3.63, 3.8) is 0 Å². The minimum absolute atomic E-state index is 0.153. The van der Waals surface area contributed by atoms with Crippen molar-refractivity contribution in [3.8, 4) is 0 Å². The van der Waals surface area contributed by atoms with Crippen LogP contribution in [-0.4, -0.2) is 18.9 Å². The maximum Gasteiger partial charge on any atom is 0.319 e. The molecule has 0 amide bonds. The van der Waals surface area contributed by atoms with Crippen LogP contribution in [-0.2, 0) is 6.54 Å². The molecule has 0 atom stereocenters. The lowest BCUT2D eigenvalue weighted by atomic mass is 10.0. The van der Waals surface area contributed by atoms with Gasteiger partial charge in [-0.2, -0.15) is 8.78 Å². The quantitative estimate of drug-likeness (QED) is 0.770.